The lowest BCUT2D eigenvalue weighted by molar-refractivity contribution is 0.0424. The minimum Gasteiger partial charge on any atom is -0.462 e. The molecule has 0 saturated carbocycles. The third-order valence-electron chi connectivity index (χ3n) is 8.22. The first-order chi connectivity index (χ1) is 19.5. The van der Waals surface area contributed by atoms with Crippen LogP contribution in [0.5, 0.6) is 0 Å². The van der Waals surface area contributed by atoms with Crippen LogP contribution in [0.4, 0.5) is 0 Å². The van der Waals surface area contributed by atoms with Crippen LogP contribution < -0.4 is 0 Å². The Morgan fingerprint density at radius 3 is 1.55 bits per heavy atom. The van der Waals surface area contributed by atoms with E-state index >= 15 is 0 Å². The molecule has 0 heterocycles. The molecule has 0 saturated heterocycles. The van der Waals surface area contributed by atoms with Crippen LogP contribution in [0.1, 0.15) is 151 Å². The molecule has 0 amide bonds. The molecular formula is C36H56O4. The van der Waals surface area contributed by atoms with E-state index < -0.39 is 0 Å². The minimum absolute atomic E-state index is 0.346. The summed E-state index contributed by atoms with van der Waals surface area (Å²) in [5, 5.41) is 1.49. The molecule has 0 aliphatic heterocycles. The van der Waals surface area contributed by atoms with Crippen molar-refractivity contribution >= 4 is 22.7 Å². The molecule has 2 aromatic carbocycles. The topological polar surface area (TPSA) is 52.6 Å². The highest BCUT2D eigenvalue weighted by Crippen LogP contribution is 2.26. The minimum atomic E-state index is -0.363. The van der Waals surface area contributed by atoms with Crippen molar-refractivity contribution in [2.24, 2.45) is 11.8 Å². The highest BCUT2D eigenvalue weighted by molar-refractivity contribution is 6.13. The van der Waals surface area contributed by atoms with Crippen LogP contribution in [0.3, 0.4) is 0 Å². The quantitative estimate of drug-likeness (QED) is 0.108. The third kappa shape index (κ3) is 12.0. The molecule has 0 N–H and O–H groups in total. The molecule has 4 nitrogen and oxygen atoms in total. The van der Waals surface area contributed by atoms with E-state index in [1.807, 2.05) is 24.3 Å². The summed E-state index contributed by atoms with van der Waals surface area (Å²) >= 11 is 0. The highest BCUT2D eigenvalue weighted by Gasteiger charge is 2.21. The number of esters is 2. The number of hydrogen-bond donors (Lipinski definition) is 0. The molecule has 0 bridgehead atoms. The first-order valence-corrected chi connectivity index (χ1v) is 16.4. The van der Waals surface area contributed by atoms with Crippen molar-refractivity contribution < 1.29 is 19.1 Å². The van der Waals surface area contributed by atoms with E-state index in [9.17, 15) is 9.59 Å². The summed E-state index contributed by atoms with van der Waals surface area (Å²) < 4.78 is 11.7. The first kappa shape index (κ1) is 33.8. The lowest BCUT2D eigenvalue weighted by Crippen LogP contribution is -2.17. The number of benzene rings is 2. The molecule has 4 heteroatoms. The van der Waals surface area contributed by atoms with Crippen LogP contribution >= 0.6 is 0 Å². The number of carbonyl (C=O) groups is 2. The Kier molecular flexibility index (Phi) is 17.4. The number of fused-ring (bicyclic) bond motifs is 1. The van der Waals surface area contributed by atoms with Gasteiger partial charge in [-0.05, 0) is 48.6 Å². The van der Waals surface area contributed by atoms with Gasteiger partial charge in [-0.2, -0.15) is 0 Å². The van der Waals surface area contributed by atoms with Gasteiger partial charge in [0, 0.05) is 5.39 Å². The van der Waals surface area contributed by atoms with Crippen molar-refractivity contribution in [1.82, 2.24) is 0 Å². The maximum absolute atomic E-state index is 13.4. The van der Waals surface area contributed by atoms with Crippen molar-refractivity contribution in [2.75, 3.05) is 13.2 Å². The molecule has 0 radical (unpaired) electrons. The summed E-state index contributed by atoms with van der Waals surface area (Å²) in [6.07, 6.45) is 19.1. The fraction of sp³-hybridized carbons (Fsp3) is 0.667. The third-order valence-corrected chi connectivity index (χ3v) is 8.22. The molecule has 2 atom stereocenters. The van der Waals surface area contributed by atoms with Gasteiger partial charge in [0.15, 0.2) is 0 Å². The van der Waals surface area contributed by atoms with Crippen LogP contribution in [-0.2, 0) is 9.47 Å². The van der Waals surface area contributed by atoms with Gasteiger partial charge in [-0.25, -0.2) is 9.59 Å². The second-order valence-electron chi connectivity index (χ2n) is 11.6. The SMILES string of the molecule is CCCCCCCCC(CCCCCC)COC(=O)c1cccc2cccc(C(=O)OCC(CC)CCCC)c12. The summed E-state index contributed by atoms with van der Waals surface area (Å²) in [7, 11) is 0. The van der Waals surface area contributed by atoms with Crippen LogP contribution in [-0.4, -0.2) is 25.2 Å². The summed E-state index contributed by atoms with van der Waals surface area (Å²) in [4.78, 5) is 26.6. The Morgan fingerprint density at radius 2 is 1.02 bits per heavy atom. The molecule has 0 aliphatic rings. The van der Waals surface area contributed by atoms with E-state index in [0.717, 1.165) is 43.9 Å². The van der Waals surface area contributed by atoms with Gasteiger partial charge in [-0.1, -0.05) is 135 Å². The predicted molar refractivity (Wildman–Crippen MR) is 168 cm³/mol. The van der Waals surface area contributed by atoms with Crippen LogP contribution in [0.25, 0.3) is 10.8 Å². The second kappa shape index (κ2) is 20.5. The zero-order valence-electron chi connectivity index (χ0n) is 26.0. The van der Waals surface area contributed by atoms with Gasteiger partial charge in [-0.15, -0.1) is 0 Å². The first-order valence-electron chi connectivity index (χ1n) is 16.4. The maximum Gasteiger partial charge on any atom is 0.338 e. The highest BCUT2D eigenvalue weighted by atomic mass is 16.5. The smallest absolute Gasteiger partial charge is 0.338 e. The zero-order chi connectivity index (χ0) is 29.0. The maximum atomic E-state index is 13.4. The molecule has 0 aliphatic carbocycles. The second-order valence-corrected chi connectivity index (χ2v) is 11.6. The Morgan fingerprint density at radius 1 is 0.575 bits per heavy atom. The zero-order valence-corrected chi connectivity index (χ0v) is 26.0. The molecule has 224 valence electrons. The molecule has 40 heavy (non-hydrogen) atoms. The average molecular weight is 553 g/mol. The van der Waals surface area contributed by atoms with Crippen molar-refractivity contribution in [3.63, 3.8) is 0 Å². The molecule has 0 fully saturated rings. The lowest BCUT2D eigenvalue weighted by Gasteiger charge is -2.18. The van der Waals surface area contributed by atoms with Crippen LogP contribution in [0, 0.1) is 11.8 Å². The number of rotatable bonds is 22. The van der Waals surface area contributed by atoms with E-state index in [-0.39, 0.29) is 11.9 Å². The molecule has 2 aromatic rings. The number of carbonyl (C=O) groups excluding carboxylic acids is 2. The normalized spacial score (nSPS) is 12.8. The number of hydrogen-bond acceptors (Lipinski definition) is 4. The fourth-order valence-corrected chi connectivity index (χ4v) is 5.51. The standard InChI is InChI=1S/C36H56O4/c1-5-9-12-14-15-17-22-30(21-16-13-10-6-2)28-40-36(38)33-26-19-24-31-23-18-25-32(34(31)33)35(37)39-27-29(8-4)20-11-7-3/h18-19,23-26,29-30H,5-17,20-22,27-28H2,1-4H3. The summed E-state index contributed by atoms with van der Waals surface area (Å²) in [6, 6.07) is 11.1. The van der Waals surface area contributed by atoms with E-state index in [4.69, 9.17) is 9.47 Å². The van der Waals surface area contributed by atoms with Gasteiger partial charge in [0.2, 0.25) is 0 Å². The van der Waals surface area contributed by atoms with E-state index in [2.05, 4.69) is 27.7 Å². The van der Waals surface area contributed by atoms with Gasteiger partial charge in [0.05, 0.1) is 24.3 Å². The summed E-state index contributed by atoms with van der Waals surface area (Å²) in [5.41, 5.74) is 0.894. The van der Waals surface area contributed by atoms with E-state index in [0.29, 0.717) is 41.6 Å². The molecule has 2 unspecified atom stereocenters. The Labute approximate surface area is 244 Å². The van der Waals surface area contributed by atoms with Gasteiger partial charge in [0.25, 0.3) is 0 Å². The average Bonchev–Trinajstić information content (AvgIpc) is 2.98. The predicted octanol–water partition coefficient (Wildman–Crippen LogP) is 10.7. The molecule has 2 rings (SSSR count). The van der Waals surface area contributed by atoms with Crippen molar-refractivity contribution in [3.8, 4) is 0 Å². The number of ether oxygens (including phenoxy) is 2. The largest absolute Gasteiger partial charge is 0.462 e. The fourth-order valence-electron chi connectivity index (χ4n) is 5.51. The molecular weight excluding hydrogens is 496 g/mol. The van der Waals surface area contributed by atoms with Crippen molar-refractivity contribution in [2.45, 2.75) is 130 Å². The monoisotopic (exact) mass is 552 g/mol. The van der Waals surface area contributed by atoms with E-state index in [1.165, 1.54) is 64.2 Å². The summed E-state index contributed by atoms with van der Waals surface area (Å²) in [5.74, 6) is 0.0455. The van der Waals surface area contributed by atoms with E-state index in [1.54, 1.807) is 12.1 Å². The van der Waals surface area contributed by atoms with Crippen LogP contribution in [0.15, 0.2) is 36.4 Å². The Bertz CT molecular complexity index is 977. The van der Waals surface area contributed by atoms with Crippen LogP contribution in [0.2, 0.25) is 0 Å². The molecule has 0 aromatic heterocycles. The Balaban J connectivity index is 2.09. The van der Waals surface area contributed by atoms with Gasteiger partial charge >= 0.3 is 11.9 Å². The molecule has 0 spiro atoms. The van der Waals surface area contributed by atoms with Gasteiger partial charge < -0.3 is 9.47 Å². The number of unbranched alkanes of at least 4 members (excludes halogenated alkanes) is 9. The Hall–Kier alpha value is -2.36. The lowest BCUT2D eigenvalue weighted by atomic mass is 9.95. The van der Waals surface area contributed by atoms with Gasteiger partial charge in [0.1, 0.15) is 0 Å². The van der Waals surface area contributed by atoms with Gasteiger partial charge in [-0.3, -0.25) is 0 Å². The summed E-state index contributed by atoms with van der Waals surface area (Å²) in [6.45, 7) is 9.66. The van der Waals surface area contributed by atoms with Crippen molar-refractivity contribution in [1.29, 1.82) is 0 Å². The van der Waals surface area contributed by atoms with Crippen molar-refractivity contribution in [3.05, 3.63) is 47.5 Å².